The lowest BCUT2D eigenvalue weighted by molar-refractivity contribution is 0.141. The molecule has 1 fully saturated rings. The predicted molar refractivity (Wildman–Crippen MR) is 46.5 cm³/mol. The topological polar surface area (TPSA) is 23.5 Å². The average Bonchev–Trinajstić information content (AvgIpc) is 2.66. The molecule has 0 bridgehead atoms. The van der Waals surface area contributed by atoms with Gasteiger partial charge in [0.1, 0.15) is 0 Å². The van der Waals surface area contributed by atoms with Crippen molar-refractivity contribution in [2.45, 2.75) is 32.7 Å². The lowest BCUT2D eigenvalue weighted by Gasteiger charge is -2.25. The highest BCUT2D eigenvalue weighted by Crippen LogP contribution is 2.45. The summed E-state index contributed by atoms with van der Waals surface area (Å²) in [6.45, 7) is 5.78. The van der Waals surface area contributed by atoms with Gasteiger partial charge in [0.05, 0.1) is 6.61 Å². The highest BCUT2D eigenvalue weighted by molar-refractivity contribution is 4.91. The molecule has 1 N–H and O–H groups in total. The van der Waals surface area contributed by atoms with Gasteiger partial charge in [-0.25, -0.2) is 0 Å². The first-order valence-electron chi connectivity index (χ1n) is 4.38. The van der Waals surface area contributed by atoms with E-state index in [1.807, 2.05) is 0 Å². The molecule has 66 valence electrons. The van der Waals surface area contributed by atoms with Crippen LogP contribution in [-0.2, 0) is 0 Å². The number of rotatable bonds is 4. The zero-order chi connectivity index (χ0) is 8.48. The van der Waals surface area contributed by atoms with Crippen LogP contribution in [0.15, 0.2) is 0 Å². The third-order valence-electron chi connectivity index (χ3n) is 2.75. The molecule has 0 spiro atoms. The molecule has 11 heavy (non-hydrogen) atoms. The Hall–Kier alpha value is -0.0800. The molecule has 1 aliphatic rings. The molecule has 0 heterocycles. The second-order valence-electron chi connectivity index (χ2n) is 4.26. The van der Waals surface area contributed by atoms with Crippen molar-refractivity contribution in [2.24, 2.45) is 5.41 Å². The second kappa shape index (κ2) is 3.11. The van der Waals surface area contributed by atoms with Crippen LogP contribution in [0.4, 0.5) is 0 Å². The summed E-state index contributed by atoms with van der Waals surface area (Å²) in [6, 6.07) is 0.312. The van der Waals surface area contributed by atoms with Crippen LogP contribution in [0.1, 0.15) is 26.7 Å². The van der Waals surface area contributed by atoms with Crippen molar-refractivity contribution in [2.75, 3.05) is 20.2 Å². The molecule has 2 nitrogen and oxygen atoms in total. The molecule has 0 aromatic rings. The third-order valence-corrected chi connectivity index (χ3v) is 2.75. The van der Waals surface area contributed by atoms with Crippen molar-refractivity contribution in [3.8, 4) is 0 Å². The maximum absolute atomic E-state index is 8.88. The number of hydrogen-bond donors (Lipinski definition) is 1. The van der Waals surface area contributed by atoms with Crippen LogP contribution >= 0.6 is 0 Å². The molecule has 2 heteroatoms. The van der Waals surface area contributed by atoms with E-state index in [9.17, 15) is 0 Å². The largest absolute Gasteiger partial charge is 0.395 e. The Morgan fingerprint density at radius 3 is 2.45 bits per heavy atom. The Morgan fingerprint density at radius 1 is 1.55 bits per heavy atom. The summed E-state index contributed by atoms with van der Waals surface area (Å²) in [6.07, 6.45) is 2.71. The van der Waals surface area contributed by atoms with Gasteiger partial charge in [-0.15, -0.1) is 0 Å². The fourth-order valence-electron chi connectivity index (χ4n) is 1.27. The number of likely N-dealkylation sites (N-methyl/N-ethyl adjacent to an activating group) is 1. The molecule has 0 aromatic carbocycles. The SMILES string of the molecule is C[C@H](CO)N(C)CC1(C)CC1. The maximum atomic E-state index is 8.88. The van der Waals surface area contributed by atoms with Crippen LogP contribution < -0.4 is 0 Å². The first-order chi connectivity index (χ1) is 5.07. The van der Waals surface area contributed by atoms with Gasteiger partial charge in [0, 0.05) is 12.6 Å². The Bertz CT molecular complexity index is 132. The quantitative estimate of drug-likeness (QED) is 0.660. The second-order valence-corrected chi connectivity index (χ2v) is 4.26. The summed E-state index contributed by atoms with van der Waals surface area (Å²) in [5, 5.41) is 8.88. The Labute approximate surface area is 69.2 Å². The van der Waals surface area contributed by atoms with Crippen molar-refractivity contribution < 1.29 is 5.11 Å². The van der Waals surface area contributed by atoms with Gasteiger partial charge in [0.2, 0.25) is 0 Å². The first kappa shape index (κ1) is 9.01. The molecule has 1 saturated carbocycles. The van der Waals surface area contributed by atoms with Gasteiger partial charge in [-0.1, -0.05) is 6.92 Å². The fourth-order valence-corrected chi connectivity index (χ4v) is 1.27. The molecular weight excluding hydrogens is 138 g/mol. The maximum Gasteiger partial charge on any atom is 0.0584 e. The minimum atomic E-state index is 0.270. The van der Waals surface area contributed by atoms with Gasteiger partial charge >= 0.3 is 0 Å². The molecule has 0 aromatic heterocycles. The smallest absolute Gasteiger partial charge is 0.0584 e. The third kappa shape index (κ3) is 2.46. The summed E-state index contributed by atoms with van der Waals surface area (Å²) in [5.74, 6) is 0. The zero-order valence-corrected chi connectivity index (χ0v) is 7.80. The fraction of sp³-hybridized carbons (Fsp3) is 1.00. The van der Waals surface area contributed by atoms with E-state index in [0.29, 0.717) is 11.5 Å². The van der Waals surface area contributed by atoms with Crippen LogP contribution in [0.2, 0.25) is 0 Å². The zero-order valence-electron chi connectivity index (χ0n) is 7.80. The monoisotopic (exact) mass is 157 g/mol. The summed E-state index contributed by atoms with van der Waals surface area (Å²) >= 11 is 0. The summed E-state index contributed by atoms with van der Waals surface area (Å²) < 4.78 is 0. The van der Waals surface area contributed by atoms with E-state index in [0.717, 1.165) is 6.54 Å². The predicted octanol–water partition coefficient (Wildman–Crippen LogP) is 1.10. The van der Waals surface area contributed by atoms with E-state index in [1.54, 1.807) is 0 Å². The standard InChI is InChI=1S/C9H19NO/c1-8(6-11)10(3)7-9(2)4-5-9/h8,11H,4-7H2,1-3H3/t8-/m1/s1. The van der Waals surface area contributed by atoms with Gasteiger partial charge in [-0.2, -0.15) is 0 Å². The van der Waals surface area contributed by atoms with E-state index in [2.05, 4.69) is 25.8 Å². The minimum absolute atomic E-state index is 0.270. The van der Waals surface area contributed by atoms with Gasteiger partial charge in [-0.3, -0.25) is 0 Å². The summed E-state index contributed by atoms with van der Waals surface area (Å²) in [7, 11) is 2.09. The number of aliphatic hydroxyl groups is 1. The molecule has 1 atom stereocenters. The number of nitrogens with zero attached hydrogens (tertiary/aromatic N) is 1. The van der Waals surface area contributed by atoms with Crippen LogP contribution in [-0.4, -0.2) is 36.2 Å². The summed E-state index contributed by atoms with van der Waals surface area (Å²) in [4.78, 5) is 2.24. The van der Waals surface area contributed by atoms with Gasteiger partial charge in [0.25, 0.3) is 0 Å². The lowest BCUT2D eigenvalue weighted by atomic mass is 10.1. The van der Waals surface area contributed by atoms with E-state index < -0.39 is 0 Å². The van der Waals surface area contributed by atoms with Crippen LogP contribution in [0.25, 0.3) is 0 Å². The van der Waals surface area contributed by atoms with Crippen molar-refractivity contribution in [1.29, 1.82) is 0 Å². The highest BCUT2D eigenvalue weighted by Gasteiger charge is 2.38. The highest BCUT2D eigenvalue weighted by atomic mass is 16.3. The van der Waals surface area contributed by atoms with E-state index in [4.69, 9.17) is 5.11 Å². The van der Waals surface area contributed by atoms with Crippen LogP contribution in [0.3, 0.4) is 0 Å². The van der Waals surface area contributed by atoms with Crippen molar-refractivity contribution in [3.05, 3.63) is 0 Å². The minimum Gasteiger partial charge on any atom is -0.395 e. The molecule has 0 amide bonds. The summed E-state index contributed by atoms with van der Waals surface area (Å²) in [5.41, 5.74) is 0.568. The molecule has 0 saturated heterocycles. The molecule has 0 unspecified atom stereocenters. The Morgan fingerprint density at radius 2 is 2.09 bits per heavy atom. The van der Waals surface area contributed by atoms with Crippen molar-refractivity contribution >= 4 is 0 Å². The van der Waals surface area contributed by atoms with Gasteiger partial charge in [-0.05, 0) is 32.2 Å². The van der Waals surface area contributed by atoms with Gasteiger partial charge < -0.3 is 10.0 Å². The van der Waals surface area contributed by atoms with Crippen LogP contribution in [0, 0.1) is 5.41 Å². The van der Waals surface area contributed by atoms with Crippen LogP contribution in [0.5, 0.6) is 0 Å². The molecule has 0 radical (unpaired) electrons. The van der Waals surface area contributed by atoms with Crippen molar-refractivity contribution in [1.82, 2.24) is 4.90 Å². The molecular formula is C9H19NO. The van der Waals surface area contributed by atoms with Crippen molar-refractivity contribution in [3.63, 3.8) is 0 Å². The number of aliphatic hydroxyl groups excluding tert-OH is 1. The lowest BCUT2D eigenvalue weighted by Crippen LogP contribution is -2.35. The Balaban J connectivity index is 2.25. The molecule has 0 aliphatic heterocycles. The van der Waals surface area contributed by atoms with E-state index in [-0.39, 0.29) is 6.61 Å². The average molecular weight is 157 g/mol. The van der Waals surface area contributed by atoms with E-state index >= 15 is 0 Å². The molecule has 1 aliphatic carbocycles. The van der Waals surface area contributed by atoms with E-state index in [1.165, 1.54) is 12.8 Å². The Kier molecular flexibility index (Phi) is 2.55. The first-order valence-corrected chi connectivity index (χ1v) is 4.38. The normalized spacial score (nSPS) is 23.7. The number of hydrogen-bond acceptors (Lipinski definition) is 2. The van der Waals surface area contributed by atoms with Gasteiger partial charge in [0.15, 0.2) is 0 Å². The molecule has 1 rings (SSSR count).